The monoisotopic (exact) mass is 327 g/mol. The molecule has 0 saturated carbocycles. The van der Waals surface area contributed by atoms with Gasteiger partial charge in [0, 0.05) is 24.4 Å². The second kappa shape index (κ2) is 10.0. The van der Waals surface area contributed by atoms with Gasteiger partial charge < -0.3 is 0 Å². The molecule has 0 saturated heterocycles. The maximum atomic E-state index is 13.0. The summed E-state index contributed by atoms with van der Waals surface area (Å²) in [5.41, 5.74) is 5.71. The van der Waals surface area contributed by atoms with Gasteiger partial charge in [-0.2, -0.15) is 0 Å². The SMILES string of the molecule is CCC(C)PC(=O)c1c(C(C)C)cc(C(C)C)cc1C(C)C.[Li]. The number of hydrogen-bond acceptors (Lipinski definition) is 1. The Morgan fingerprint density at radius 3 is 1.65 bits per heavy atom. The Morgan fingerprint density at radius 1 is 0.913 bits per heavy atom. The summed E-state index contributed by atoms with van der Waals surface area (Å²) in [5, 5.41) is 0. The summed E-state index contributed by atoms with van der Waals surface area (Å²) in [6, 6.07) is 4.55. The van der Waals surface area contributed by atoms with Crippen molar-refractivity contribution in [2.45, 2.75) is 85.2 Å². The number of benzene rings is 1. The Morgan fingerprint density at radius 2 is 1.35 bits per heavy atom. The first-order valence-electron chi connectivity index (χ1n) is 8.67. The normalized spacial score (nSPS) is 13.2. The van der Waals surface area contributed by atoms with Crippen LogP contribution in [0.25, 0.3) is 0 Å². The van der Waals surface area contributed by atoms with Crippen LogP contribution in [-0.2, 0) is 0 Å². The van der Waals surface area contributed by atoms with Crippen molar-refractivity contribution in [2.75, 3.05) is 0 Å². The van der Waals surface area contributed by atoms with Gasteiger partial charge in [0.1, 0.15) is 0 Å². The minimum atomic E-state index is 0. The molecule has 0 aliphatic carbocycles. The third kappa shape index (κ3) is 6.05. The van der Waals surface area contributed by atoms with Gasteiger partial charge in [0.05, 0.1) is 0 Å². The van der Waals surface area contributed by atoms with Gasteiger partial charge in [-0.15, -0.1) is 0 Å². The van der Waals surface area contributed by atoms with Crippen molar-refractivity contribution in [3.63, 3.8) is 0 Å². The van der Waals surface area contributed by atoms with Crippen LogP contribution in [0.5, 0.6) is 0 Å². The van der Waals surface area contributed by atoms with Crippen LogP contribution in [0, 0.1) is 0 Å². The molecule has 0 aromatic heterocycles. The van der Waals surface area contributed by atoms with Gasteiger partial charge >= 0.3 is 0 Å². The van der Waals surface area contributed by atoms with Gasteiger partial charge in [-0.05, 0) is 55.1 Å². The smallest absolute Gasteiger partial charge is 0.181 e. The molecule has 3 heteroatoms. The zero-order valence-corrected chi connectivity index (χ0v) is 17.6. The van der Waals surface area contributed by atoms with Crippen LogP contribution in [0.3, 0.4) is 0 Å². The van der Waals surface area contributed by atoms with E-state index in [1.807, 2.05) is 0 Å². The molecule has 1 aromatic carbocycles. The minimum Gasteiger partial charge on any atom is -0.289 e. The number of carbonyl (C=O) groups excluding carboxylic acids is 1. The molecular weight excluding hydrogens is 294 g/mol. The predicted octanol–water partition coefficient (Wildman–Crippen LogP) is 6.29. The first kappa shape index (κ1) is 22.9. The summed E-state index contributed by atoms with van der Waals surface area (Å²) < 4.78 is 0. The van der Waals surface area contributed by atoms with E-state index in [0.29, 0.717) is 37.5 Å². The van der Waals surface area contributed by atoms with Crippen LogP contribution >= 0.6 is 8.58 Å². The zero-order valence-electron chi connectivity index (χ0n) is 16.6. The van der Waals surface area contributed by atoms with Crippen molar-refractivity contribution in [1.29, 1.82) is 0 Å². The molecule has 1 rings (SSSR count). The van der Waals surface area contributed by atoms with Crippen LogP contribution in [-0.4, -0.2) is 30.0 Å². The Kier molecular flexibility index (Phi) is 10.00. The predicted molar refractivity (Wildman–Crippen MR) is 107 cm³/mol. The van der Waals surface area contributed by atoms with Crippen LogP contribution < -0.4 is 0 Å². The van der Waals surface area contributed by atoms with E-state index in [1.54, 1.807) is 0 Å². The summed E-state index contributed by atoms with van der Waals surface area (Å²) in [6.45, 7) is 17.6. The quantitative estimate of drug-likeness (QED) is 0.424. The van der Waals surface area contributed by atoms with Crippen molar-refractivity contribution in [1.82, 2.24) is 0 Å². The molecule has 1 aromatic rings. The molecule has 0 spiro atoms. The topological polar surface area (TPSA) is 17.1 Å². The molecule has 2 atom stereocenters. The third-order valence-electron chi connectivity index (χ3n) is 4.35. The van der Waals surface area contributed by atoms with Gasteiger partial charge in [0.15, 0.2) is 5.52 Å². The van der Waals surface area contributed by atoms with E-state index in [2.05, 4.69) is 67.5 Å². The summed E-state index contributed by atoms with van der Waals surface area (Å²) in [4.78, 5) is 13.0. The molecule has 23 heavy (non-hydrogen) atoms. The van der Waals surface area contributed by atoms with Crippen molar-refractivity contribution in [3.8, 4) is 0 Å². The summed E-state index contributed by atoms with van der Waals surface area (Å²) in [5.74, 6) is 1.27. The number of rotatable bonds is 7. The van der Waals surface area contributed by atoms with E-state index < -0.39 is 0 Å². The average Bonchev–Trinajstić information content (AvgIpc) is 2.44. The summed E-state index contributed by atoms with van der Waals surface area (Å²) in [6.07, 6.45) is 1.07. The van der Waals surface area contributed by atoms with E-state index in [0.717, 1.165) is 12.0 Å². The zero-order chi connectivity index (χ0) is 17.0. The Hall–Kier alpha value is -0.0826. The van der Waals surface area contributed by atoms with E-state index in [1.165, 1.54) is 16.7 Å². The molecule has 0 amide bonds. The fourth-order valence-corrected chi connectivity index (χ4v) is 3.70. The largest absolute Gasteiger partial charge is 0.289 e. The molecule has 125 valence electrons. The maximum Gasteiger partial charge on any atom is 0.181 e. The molecule has 0 N–H and O–H groups in total. The van der Waals surface area contributed by atoms with Gasteiger partial charge in [0.25, 0.3) is 0 Å². The van der Waals surface area contributed by atoms with Crippen LogP contribution in [0.4, 0.5) is 0 Å². The van der Waals surface area contributed by atoms with E-state index in [9.17, 15) is 4.79 Å². The fourth-order valence-electron chi connectivity index (χ4n) is 2.62. The molecule has 0 aliphatic rings. The number of hydrogen-bond donors (Lipinski definition) is 0. The minimum absolute atomic E-state index is 0. The molecule has 0 heterocycles. The maximum absolute atomic E-state index is 13.0. The van der Waals surface area contributed by atoms with Gasteiger partial charge in [-0.3, -0.25) is 4.79 Å². The second-order valence-electron chi connectivity index (χ2n) is 7.32. The van der Waals surface area contributed by atoms with Crippen LogP contribution in [0.2, 0.25) is 0 Å². The Labute approximate surface area is 157 Å². The Balaban J connectivity index is 0.00000484. The van der Waals surface area contributed by atoms with Crippen LogP contribution in [0.15, 0.2) is 12.1 Å². The average molecular weight is 327 g/mol. The first-order chi connectivity index (χ1) is 10.2. The standard InChI is InChI=1S/C20H33OP.Li/c1-9-15(8)22-20(21)19-17(13(4)5)10-16(12(2)3)11-18(19)14(6)7;/h10-15,22H,9H2,1-8H3;. The van der Waals surface area contributed by atoms with Gasteiger partial charge in [-0.25, -0.2) is 0 Å². The fraction of sp³-hybridized carbons (Fsp3) is 0.650. The first-order valence-corrected chi connectivity index (χ1v) is 9.75. The summed E-state index contributed by atoms with van der Waals surface area (Å²) >= 11 is 0. The molecule has 2 unspecified atom stereocenters. The van der Waals surface area contributed by atoms with Crippen molar-refractivity contribution >= 4 is 33.0 Å². The molecule has 1 radical (unpaired) electrons. The molecule has 0 aliphatic heterocycles. The molecule has 0 fully saturated rings. The van der Waals surface area contributed by atoms with Crippen molar-refractivity contribution < 1.29 is 4.79 Å². The summed E-state index contributed by atoms with van der Waals surface area (Å²) in [7, 11) is 0.388. The molecule has 0 bridgehead atoms. The third-order valence-corrected chi connectivity index (χ3v) is 5.76. The van der Waals surface area contributed by atoms with E-state index in [4.69, 9.17) is 0 Å². The van der Waals surface area contributed by atoms with E-state index >= 15 is 0 Å². The number of carbonyl (C=O) groups is 1. The van der Waals surface area contributed by atoms with Crippen LogP contribution in [0.1, 0.15) is 107 Å². The molecule has 1 nitrogen and oxygen atoms in total. The van der Waals surface area contributed by atoms with Crippen molar-refractivity contribution in [3.05, 3.63) is 34.4 Å². The second-order valence-corrected chi connectivity index (χ2v) is 9.05. The molecular formula is C20H33LiOP. The van der Waals surface area contributed by atoms with Gasteiger partial charge in [0.2, 0.25) is 0 Å². The van der Waals surface area contributed by atoms with Crippen molar-refractivity contribution in [2.24, 2.45) is 0 Å². The Bertz CT molecular complexity index is 491. The van der Waals surface area contributed by atoms with E-state index in [-0.39, 0.29) is 18.9 Å². The van der Waals surface area contributed by atoms with Gasteiger partial charge in [-0.1, -0.05) is 67.5 Å².